The minimum Gasteiger partial charge on any atom is -0.363 e. The molecule has 1 aromatic heterocycles. The molecule has 3 rings (SSSR count). The lowest BCUT2D eigenvalue weighted by Crippen LogP contribution is -2.71. The van der Waals surface area contributed by atoms with Crippen LogP contribution in [0.2, 0.25) is 0 Å². The Hall–Kier alpha value is -2.17. The van der Waals surface area contributed by atoms with Crippen LogP contribution in [0.25, 0.3) is 0 Å². The van der Waals surface area contributed by atoms with E-state index < -0.39 is 27.8 Å². The fourth-order valence-electron chi connectivity index (χ4n) is 2.76. The Morgan fingerprint density at radius 2 is 2.19 bits per heavy atom. The van der Waals surface area contributed by atoms with Gasteiger partial charge in [0.1, 0.15) is 5.82 Å². The van der Waals surface area contributed by atoms with Gasteiger partial charge in [0.15, 0.2) is 11.5 Å². The van der Waals surface area contributed by atoms with Gasteiger partial charge in [0.25, 0.3) is 0 Å². The number of aromatic nitrogens is 2. The van der Waals surface area contributed by atoms with E-state index in [0.29, 0.717) is 5.69 Å². The molecule has 12 nitrogen and oxygen atoms in total. The first kappa shape index (κ1) is 23.5. The van der Waals surface area contributed by atoms with Crippen molar-refractivity contribution in [1.29, 1.82) is 0 Å². The SMILES string of the molecule is CC(C)OS(=O)(=O)N1CC(N)(CNc2nonc2C(=Nc2ccc(F)c(Br)c2)NO)C1. The Bertz CT molecular complexity index is 1070. The lowest BCUT2D eigenvalue weighted by atomic mass is 9.94. The van der Waals surface area contributed by atoms with Crippen LogP contribution in [-0.2, 0) is 14.5 Å². The number of aliphatic imine (C=N–C) groups is 1. The largest absolute Gasteiger partial charge is 0.363 e. The Morgan fingerprint density at radius 1 is 1.48 bits per heavy atom. The van der Waals surface area contributed by atoms with E-state index in [2.05, 4.69) is 36.6 Å². The number of benzene rings is 1. The molecule has 0 bridgehead atoms. The molecule has 0 saturated carbocycles. The van der Waals surface area contributed by atoms with Crippen LogP contribution in [-0.4, -0.2) is 65.4 Å². The van der Waals surface area contributed by atoms with Crippen LogP contribution in [0.5, 0.6) is 0 Å². The monoisotopic (exact) mass is 521 g/mol. The molecule has 5 N–H and O–H groups in total. The number of anilines is 1. The van der Waals surface area contributed by atoms with Gasteiger partial charge in [0.05, 0.1) is 21.8 Å². The Morgan fingerprint density at radius 3 is 2.81 bits per heavy atom. The van der Waals surface area contributed by atoms with Crippen LogP contribution in [0, 0.1) is 5.82 Å². The molecule has 0 spiro atoms. The topological polar surface area (TPSA) is 168 Å². The number of nitrogens with two attached hydrogens (primary N) is 1. The summed E-state index contributed by atoms with van der Waals surface area (Å²) in [6.07, 6.45) is -0.481. The summed E-state index contributed by atoms with van der Waals surface area (Å²) in [6, 6.07) is 4.01. The Balaban J connectivity index is 1.68. The first-order valence-corrected chi connectivity index (χ1v) is 11.2. The van der Waals surface area contributed by atoms with E-state index in [9.17, 15) is 18.0 Å². The average Bonchev–Trinajstić information content (AvgIpc) is 3.12. The number of nitrogens with one attached hydrogen (secondary N) is 2. The zero-order valence-electron chi connectivity index (χ0n) is 16.5. The first-order chi connectivity index (χ1) is 14.5. The van der Waals surface area contributed by atoms with Gasteiger partial charge in [0, 0.05) is 19.6 Å². The molecule has 2 heterocycles. The predicted octanol–water partition coefficient (Wildman–Crippen LogP) is 1.12. The third-order valence-corrected chi connectivity index (χ3v) is 6.31. The molecule has 2 aromatic rings. The molecule has 1 aliphatic heterocycles. The molecule has 1 aliphatic rings. The van der Waals surface area contributed by atoms with E-state index >= 15 is 0 Å². The second kappa shape index (κ2) is 9.13. The lowest BCUT2D eigenvalue weighted by molar-refractivity contribution is 0.130. The second-order valence-corrected chi connectivity index (χ2v) is 9.64. The summed E-state index contributed by atoms with van der Waals surface area (Å²) in [6.45, 7) is 3.44. The van der Waals surface area contributed by atoms with E-state index in [-0.39, 0.29) is 41.5 Å². The minimum absolute atomic E-state index is 0.0401. The van der Waals surface area contributed by atoms with Crippen LogP contribution >= 0.6 is 15.9 Å². The number of halogens is 2. The summed E-state index contributed by atoms with van der Waals surface area (Å²) in [7, 11) is -3.85. The highest BCUT2D eigenvalue weighted by atomic mass is 79.9. The van der Waals surface area contributed by atoms with Crippen molar-refractivity contribution in [3.63, 3.8) is 0 Å². The lowest BCUT2D eigenvalue weighted by Gasteiger charge is -2.46. The summed E-state index contributed by atoms with van der Waals surface area (Å²) in [4.78, 5) is 4.15. The quantitative estimate of drug-likeness (QED) is 0.224. The second-order valence-electron chi connectivity index (χ2n) is 7.22. The summed E-state index contributed by atoms with van der Waals surface area (Å²) in [5.74, 6) is -0.464. The maximum absolute atomic E-state index is 13.4. The molecule has 1 aromatic carbocycles. The zero-order chi connectivity index (χ0) is 22.8. The van der Waals surface area contributed by atoms with Crippen molar-refractivity contribution < 1.29 is 26.8 Å². The number of rotatable bonds is 8. The van der Waals surface area contributed by atoms with Crippen LogP contribution in [0.1, 0.15) is 19.5 Å². The number of hydrogen-bond donors (Lipinski definition) is 4. The highest BCUT2D eigenvalue weighted by molar-refractivity contribution is 9.10. The van der Waals surface area contributed by atoms with Gasteiger partial charge in [-0.3, -0.25) is 14.9 Å². The molecule has 31 heavy (non-hydrogen) atoms. The van der Waals surface area contributed by atoms with Crippen molar-refractivity contribution in [3.05, 3.63) is 34.2 Å². The van der Waals surface area contributed by atoms with Gasteiger partial charge >= 0.3 is 10.3 Å². The van der Waals surface area contributed by atoms with Gasteiger partial charge in [0.2, 0.25) is 5.82 Å². The molecule has 1 fully saturated rings. The van der Waals surface area contributed by atoms with E-state index in [1.165, 1.54) is 18.2 Å². The maximum atomic E-state index is 13.4. The van der Waals surface area contributed by atoms with Crippen LogP contribution in [0.4, 0.5) is 15.9 Å². The Kier molecular flexibility index (Phi) is 6.92. The average molecular weight is 522 g/mol. The maximum Gasteiger partial charge on any atom is 0.338 e. The molecule has 15 heteroatoms. The smallest absolute Gasteiger partial charge is 0.338 e. The summed E-state index contributed by atoms with van der Waals surface area (Å²) in [5, 5.41) is 19.8. The number of nitrogens with zero attached hydrogens (tertiary/aromatic N) is 4. The minimum atomic E-state index is -3.85. The number of hydroxylamine groups is 1. The highest BCUT2D eigenvalue weighted by Gasteiger charge is 2.46. The predicted molar refractivity (Wildman–Crippen MR) is 112 cm³/mol. The molecular weight excluding hydrogens is 501 g/mol. The first-order valence-electron chi connectivity index (χ1n) is 9.01. The zero-order valence-corrected chi connectivity index (χ0v) is 18.9. The molecule has 0 radical (unpaired) electrons. The third-order valence-electron chi connectivity index (χ3n) is 4.18. The van der Waals surface area contributed by atoms with Crippen LogP contribution in [0.3, 0.4) is 0 Å². The number of hydrogen-bond acceptors (Lipinski definition) is 10. The molecule has 0 aliphatic carbocycles. The molecule has 0 unspecified atom stereocenters. The van der Waals surface area contributed by atoms with Gasteiger partial charge in [-0.25, -0.2) is 14.0 Å². The van der Waals surface area contributed by atoms with Gasteiger partial charge in [-0.2, -0.15) is 12.7 Å². The van der Waals surface area contributed by atoms with E-state index in [1.54, 1.807) is 13.8 Å². The van der Waals surface area contributed by atoms with Crippen molar-refractivity contribution in [2.45, 2.75) is 25.5 Å². The normalized spacial score (nSPS) is 16.9. The van der Waals surface area contributed by atoms with Crippen molar-refractivity contribution in [1.82, 2.24) is 20.1 Å². The standard InChI is InChI=1S/C16H21BrFN7O5S/c1-9(2)29-31(27,28)25-7-16(19,8-25)6-20-14-13(23-30-24-14)15(22-26)21-10-3-4-12(18)11(17)5-10/h3-5,9,26H,6-8,19H2,1-2H3,(H,20,24)(H,21,22). The number of amidine groups is 1. The Labute approximate surface area is 185 Å². The molecule has 1 saturated heterocycles. The summed E-state index contributed by atoms with van der Waals surface area (Å²) in [5.41, 5.74) is 7.59. The van der Waals surface area contributed by atoms with Crippen molar-refractivity contribution in [2.75, 3.05) is 25.0 Å². The van der Waals surface area contributed by atoms with Gasteiger partial charge in [-0.05, 0) is 58.3 Å². The van der Waals surface area contributed by atoms with E-state index in [1.807, 2.05) is 5.48 Å². The van der Waals surface area contributed by atoms with Crippen molar-refractivity contribution in [2.24, 2.45) is 10.7 Å². The molecular formula is C16H21BrFN7O5S. The highest BCUT2D eigenvalue weighted by Crippen LogP contribution is 2.25. The van der Waals surface area contributed by atoms with Gasteiger partial charge < -0.3 is 11.1 Å². The van der Waals surface area contributed by atoms with E-state index in [0.717, 1.165) is 4.31 Å². The van der Waals surface area contributed by atoms with Gasteiger partial charge in [-0.1, -0.05) is 0 Å². The van der Waals surface area contributed by atoms with E-state index in [4.69, 9.17) is 14.5 Å². The molecule has 0 atom stereocenters. The fraction of sp³-hybridized carbons (Fsp3) is 0.438. The van der Waals surface area contributed by atoms with Crippen LogP contribution in [0.15, 0.2) is 32.3 Å². The molecule has 170 valence electrons. The third kappa shape index (κ3) is 5.55. The van der Waals surface area contributed by atoms with Crippen molar-refractivity contribution in [3.8, 4) is 0 Å². The fourth-order valence-corrected chi connectivity index (χ4v) is 4.57. The van der Waals surface area contributed by atoms with Crippen LogP contribution < -0.4 is 16.5 Å². The van der Waals surface area contributed by atoms with Gasteiger partial charge in [-0.15, -0.1) is 0 Å². The summed E-state index contributed by atoms with van der Waals surface area (Å²) >= 11 is 3.06. The molecule has 0 amide bonds. The van der Waals surface area contributed by atoms with Crippen molar-refractivity contribution >= 4 is 43.6 Å². The summed E-state index contributed by atoms with van der Waals surface area (Å²) < 4.78 is 48.5.